The lowest BCUT2D eigenvalue weighted by molar-refractivity contribution is 0.403. The maximum absolute atomic E-state index is 12.3. The molecule has 20 heavy (non-hydrogen) atoms. The molecule has 0 aromatic heterocycles. The Kier molecular flexibility index (Phi) is 3.91. The van der Waals surface area contributed by atoms with E-state index in [-0.39, 0.29) is 10.6 Å². The van der Waals surface area contributed by atoms with Crippen LogP contribution in [0, 0.1) is 11.3 Å². The zero-order valence-corrected chi connectivity index (χ0v) is 11.5. The largest absolute Gasteiger partial charge is 0.495 e. The quantitative estimate of drug-likeness (QED) is 0.936. The maximum atomic E-state index is 12.3. The van der Waals surface area contributed by atoms with E-state index >= 15 is 0 Å². The van der Waals surface area contributed by atoms with E-state index in [2.05, 4.69) is 4.72 Å². The predicted molar refractivity (Wildman–Crippen MR) is 75.0 cm³/mol. The first-order valence-electron chi connectivity index (χ1n) is 5.73. The third-order valence-electron chi connectivity index (χ3n) is 2.62. The third kappa shape index (κ3) is 2.90. The Bertz CT molecular complexity index is 747. The second kappa shape index (κ2) is 5.63. The zero-order chi connectivity index (χ0) is 14.6. The minimum atomic E-state index is -3.73. The van der Waals surface area contributed by atoms with E-state index < -0.39 is 10.0 Å². The Balaban J connectivity index is 2.33. The van der Waals surface area contributed by atoms with Gasteiger partial charge in [0.1, 0.15) is 10.6 Å². The van der Waals surface area contributed by atoms with Gasteiger partial charge in [0.15, 0.2) is 0 Å². The van der Waals surface area contributed by atoms with Crippen LogP contribution in [-0.4, -0.2) is 15.5 Å². The number of benzene rings is 2. The Morgan fingerprint density at radius 1 is 1.10 bits per heavy atom. The second-order valence-electron chi connectivity index (χ2n) is 3.95. The molecule has 0 amide bonds. The summed E-state index contributed by atoms with van der Waals surface area (Å²) in [5, 5.41) is 8.70. The van der Waals surface area contributed by atoms with E-state index in [1.165, 1.54) is 25.3 Å². The molecule has 0 saturated carbocycles. The van der Waals surface area contributed by atoms with Crippen LogP contribution in [0.25, 0.3) is 0 Å². The molecule has 1 N–H and O–H groups in total. The number of methoxy groups -OCH3 is 1. The van der Waals surface area contributed by atoms with Crippen LogP contribution in [0.4, 0.5) is 5.69 Å². The molecule has 2 aromatic carbocycles. The molecule has 0 saturated heterocycles. The molecule has 0 aliphatic carbocycles. The molecule has 0 heterocycles. The molecule has 5 nitrogen and oxygen atoms in total. The topological polar surface area (TPSA) is 79.2 Å². The van der Waals surface area contributed by atoms with E-state index in [1.807, 2.05) is 6.07 Å². The summed E-state index contributed by atoms with van der Waals surface area (Å²) < 4.78 is 32.0. The van der Waals surface area contributed by atoms with Gasteiger partial charge in [-0.05, 0) is 36.4 Å². The lowest BCUT2D eigenvalue weighted by atomic mass is 10.2. The van der Waals surface area contributed by atoms with E-state index in [0.29, 0.717) is 11.3 Å². The summed E-state index contributed by atoms with van der Waals surface area (Å²) in [4.78, 5) is 0.0619. The number of nitriles is 1. The van der Waals surface area contributed by atoms with Crippen molar-refractivity contribution in [1.29, 1.82) is 5.26 Å². The fourth-order valence-corrected chi connectivity index (χ4v) is 2.89. The van der Waals surface area contributed by atoms with Crippen LogP contribution < -0.4 is 9.46 Å². The molecular formula is C14H12N2O3S. The molecule has 0 fully saturated rings. The molecule has 0 aliphatic rings. The standard InChI is InChI=1S/C14H12N2O3S/c1-19-13-4-2-3-5-14(13)20(17,18)16-12-8-6-11(10-15)7-9-12/h2-9,16H,1H3. The average Bonchev–Trinajstić information content (AvgIpc) is 2.47. The number of rotatable bonds is 4. The summed E-state index contributed by atoms with van der Waals surface area (Å²) in [5.74, 6) is 0.272. The Morgan fingerprint density at radius 2 is 1.75 bits per heavy atom. The smallest absolute Gasteiger partial charge is 0.265 e. The number of nitrogens with zero attached hydrogens (tertiary/aromatic N) is 1. The summed E-state index contributed by atoms with van der Waals surface area (Å²) in [6.07, 6.45) is 0. The van der Waals surface area contributed by atoms with Crippen molar-refractivity contribution in [2.24, 2.45) is 0 Å². The second-order valence-corrected chi connectivity index (χ2v) is 5.60. The highest BCUT2D eigenvalue weighted by atomic mass is 32.2. The summed E-state index contributed by atoms with van der Waals surface area (Å²) in [5.41, 5.74) is 0.847. The number of nitrogens with one attached hydrogen (secondary N) is 1. The van der Waals surface area contributed by atoms with Crippen molar-refractivity contribution in [3.8, 4) is 11.8 Å². The fraction of sp³-hybridized carbons (Fsp3) is 0.0714. The Hall–Kier alpha value is -2.52. The SMILES string of the molecule is COc1ccccc1S(=O)(=O)Nc1ccc(C#N)cc1. The van der Waals surface area contributed by atoms with Crippen molar-refractivity contribution < 1.29 is 13.2 Å². The van der Waals surface area contributed by atoms with Crippen molar-refractivity contribution >= 4 is 15.7 Å². The molecular weight excluding hydrogens is 276 g/mol. The molecule has 2 aromatic rings. The number of anilines is 1. The molecule has 0 aliphatic heterocycles. The van der Waals surface area contributed by atoms with Gasteiger partial charge in [-0.3, -0.25) is 4.72 Å². The van der Waals surface area contributed by atoms with Crippen LogP contribution in [0.3, 0.4) is 0 Å². The summed E-state index contributed by atoms with van der Waals surface area (Å²) >= 11 is 0. The van der Waals surface area contributed by atoms with Crippen LogP contribution >= 0.6 is 0 Å². The van der Waals surface area contributed by atoms with Gasteiger partial charge in [0.2, 0.25) is 0 Å². The van der Waals surface area contributed by atoms with Gasteiger partial charge in [0.05, 0.1) is 18.7 Å². The molecule has 6 heteroatoms. The van der Waals surface area contributed by atoms with E-state index in [4.69, 9.17) is 10.00 Å². The van der Waals surface area contributed by atoms with Gasteiger partial charge in [-0.2, -0.15) is 5.26 Å². The number of sulfonamides is 1. The molecule has 0 spiro atoms. The molecule has 2 rings (SSSR count). The van der Waals surface area contributed by atoms with Gasteiger partial charge in [-0.15, -0.1) is 0 Å². The Labute approximate surface area is 117 Å². The van der Waals surface area contributed by atoms with Gasteiger partial charge < -0.3 is 4.74 Å². The molecule has 0 unspecified atom stereocenters. The van der Waals surface area contributed by atoms with Crippen molar-refractivity contribution in [2.75, 3.05) is 11.8 Å². The van der Waals surface area contributed by atoms with Crippen LogP contribution in [0.1, 0.15) is 5.56 Å². The van der Waals surface area contributed by atoms with Crippen molar-refractivity contribution in [3.63, 3.8) is 0 Å². The highest BCUT2D eigenvalue weighted by Crippen LogP contribution is 2.25. The molecule has 0 atom stereocenters. The van der Waals surface area contributed by atoms with E-state index in [1.54, 1.807) is 30.3 Å². The molecule has 0 radical (unpaired) electrons. The third-order valence-corrected chi connectivity index (χ3v) is 4.05. The normalized spacial score (nSPS) is 10.6. The number of ether oxygens (including phenoxy) is 1. The summed E-state index contributed by atoms with van der Waals surface area (Å²) in [6, 6.07) is 14.5. The molecule has 102 valence electrons. The monoisotopic (exact) mass is 288 g/mol. The lowest BCUT2D eigenvalue weighted by Crippen LogP contribution is -2.13. The van der Waals surface area contributed by atoms with Gasteiger partial charge in [0.25, 0.3) is 10.0 Å². The van der Waals surface area contributed by atoms with Crippen LogP contribution in [0.5, 0.6) is 5.75 Å². The minimum Gasteiger partial charge on any atom is -0.495 e. The minimum absolute atomic E-state index is 0.0619. The van der Waals surface area contributed by atoms with E-state index in [9.17, 15) is 8.42 Å². The van der Waals surface area contributed by atoms with Gasteiger partial charge in [-0.25, -0.2) is 8.42 Å². The highest BCUT2D eigenvalue weighted by Gasteiger charge is 2.18. The maximum Gasteiger partial charge on any atom is 0.265 e. The number of para-hydroxylation sites is 1. The Morgan fingerprint density at radius 3 is 2.35 bits per heavy atom. The summed E-state index contributed by atoms with van der Waals surface area (Å²) in [6.45, 7) is 0. The first kappa shape index (κ1) is 13.9. The fourth-order valence-electron chi connectivity index (χ4n) is 1.66. The highest BCUT2D eigenvalue weighted by molar-refractivity contribution is 7.92. The van der Waals surface area contributed by atoms with Crippen LogP contribution in [-0.2, 0) is 10.0 Å². The average molecular weight is 288 g/mol. The van der Waals surface area contributed by atoms with Gasteiger partial charge >= 0.3 is 0 Å². The number of hydrogen-bond acceptors (Lipinski definition) is 4. The first-order valence-corrected chi connectivity index (χ1v) is 7.21. The predicted octanol–water partition coefficient (Wildman–Crippen LogP) is 2.37. The molecule has 0 bridgehead atoms. The van der Waals surface area contributed by atoms with Crippen molar-refractivity contribution in [3.05, 3.63) is 54.1 Å². The number of hydrogen-bond donors (Lipinski definition) is 1. The lowest BCUT2D eigenvalue weighted by Gasteiger charge is -2.11. The summed E-state index contributed by atoms with van der Waals surface area (Å²) in [7, 11) is -2.32. The van der Waals surface area contributed by atoms with Crippen molar-refractivity contribution in [2.45, 2.75) is 4.90 Å². The van der Waals surface area contributed by atoms with E-state index in [0.717, 1.165) is 0 Å². The van der Waals surface area contributed by atoms with Crippen LogP contribution in [0.15, 0.2) is 53.4 Å². The van der Waals surface area contributed by atoms with Gasteiger partial charge in [0, 0.05) is 5.69 Å². The van der Waals surface area contributed by atoms with Gasteiger partial charge in [-0.1, -0.05) is 12.1 Å². The van der Waals surface area contributed by atoms with Crippen molar-refractivity contribution in [1.82, 2.24) is 0 Å². The first-order chi connectivity index (χ1) is 9.56. The van der Waals surface area contributed by atoms with Crippen LogP contribution in [0.2, 0.25) is 0 Å². The zero-order valence-electron chi connectivity index (χ0n) is 10.7.